The van der Waals surface area contributed by atoms with Crippen LogP contribution < -0.4 is 0 Å². The predicted octanol–water partition coefficient (Wildman–Crippen LogP) is 1.84. The molecule has 0 saturated carbocycles. The summed E-state index contributed by atoms with van der Waals surface area (Å²) < 4.78 is 33.4. The first-order valence-electron chi connectivity index (χ1n) is 8.52. The van der Waals surface area contributed by atoms with Crippen LogP contribution in [-0.2, 0) is 28.4 Å². The highest BCUT2D eigenvalue weighted by Crippen LogP contribution is 2.17. The van der Waals surface area contributed by atoms with Crippen molar-refractivity contribution >= 4 is 0 Å². The van der Waals surface area contributed by atoms with E-state index in [0.717, 1.165) is 5.56 Å². The zero-order valence-electron chi connectivity index (χ0n) is 14.2. The molecule has 1 fully saturated rings. The van der Waals surface area contributed by atoms with Crippen molar-refractivity contribution in [2.75, 3.05) is 72.7 Å². The van der Waals surface area contributed by atoms with Crippen LogP contribution in [0.1, 0.15) is 11.7 Å². The number of benzene rings is 1. The fraction of sp³-hybridized carbons (Fsp3) is 0.667. The maximum Gasteiger partial charge on any atom is 0.106 e. The zero-order chi connectivity index (χ0) is 16.7. The normalized spacial score (nSPS) is 23.9. The van der Waals surface area contributed by atoms with E-state index in [0.29, 0.717) is 72.7 Å². The number of ether oxygens (including phenoxy) is 6. The van der Waals surface area contributed by atoms with Crippen LogP contribution in [0.3, 0.4) is 0 Å². The van der Waals surface area contributed by atoms with Gasteiger partial charge in [0.25, 0.3) is 0 Å². The lowest BCUT2D eigenvalue weighted by Crippen LogP contribution is -2.19. The molecule has 0 amide bonds. The van der Waals surface area contributed by atoms with E-state index in [-0.39, 0.29) is 6.10 Å². The Hall–Kier alpha value is -1.02. The standard InChI is InChI=1S/C18H28O6/c1-2-4-17(5-3-1)18-16-23-13-12-21-9-8-19-6-7-20-10-11-22-14-15-24-18/h1-5,18H,6-16H2. The Morgan fingerprint density at radius 3 is 1.54 bits per heavy atom. The summed E-state index contributed by atoms with van der Waals surface area (Å²) in [6.07, 6.45) is -0.103. The van der Waals surface area contributed by atoms with Crippen LogP contribution in [0.5, 0.6) is 0 Å². The first kappa shape index (κ1) is 19.3. The Morgan fingerprint density at radius 1 is 0.542 bits per heavy atom. The summed E-state index contributed by atoms with van der Waals surface area (Å²) >= 11 is 0. The van der Waals surface area contributed by atoms with Gasteiger partial charge >= 0.3 is 0 Å². The average Bonchev–Trinajstić information content (AvgIpc) is 2.62. The first-order chi connectivity index (χ1) is 12.0. The molecule has 24 heavy (non-hydrogen) atoms. The summed E-state index contributed by atoms with van der Waals surface area (Å²) in [6, 6.07) is 10.1. The van der Waals surface area contributed by atoms with Crippen molar-refractivity contribution in [2.24, 2.45) is 0 Å². The van der Waals surface area contributed by atoms with E-state index in [4.69, 9.17) is 28.4 Å². The van der Waals surface area contributed by atoms with Crippen LogP contribution in [0.4, 0.5) is 0 Å². The molecule has 1 aromatic rings. The van der Waals surface area contributed by atoms with Gasteiger partial charge in [-0.15, -0.1) is 0 Å². The molecule has 1 unspecified atom stereocenters. The monoisotopic (exact) mass is 340 g/mol. The SMILES string of the molecule is c1ccc(C2COCCOCCOCCOCCOCCO2)cc1. The first-order valence-corrected chi connectivity index (χ1v) is 8.52. The van der Waals surface area contributed by atoms with Gasteiger partial charge in [0.2, 0.25) is 0 Å². The van der Waals surface area contributed by atoms with Crippen LogP contribution in [0, 0.1) is 0 Å². The molecule has 6 nitrogen and oxygen atoms in total. The van der Waals surface area contributed by atoms with Gasteiger partial charge in [0.15, 0.2) is 0 Å². The molecule has 136 valence electrons. The average molecular weight is 340 g/mol. The lowest BCUT2D eigenvalue weighted by Gasteiger charge is -2.19. The molecule has 0 bridgehead atoms. The Labute approximate surface area is 143 Å². The van der Waals surface area contributed by atoms with Crippen molar-refractivity contribution < 1.29 is 28.4 Å². The van der Waals surface area contributed by atoms with E-state index >= 15 is 0 Å². The summed E-state index contributed by atoms with van der Waals surface area (Å²) in [7, 11) is 0. The van der Waals surface area contributed by atoms with Gasteiger partial charge in [-0.2, -0.15) is 0 Å². The molecule has 0 spiro atoms. The van der Waals surface area contributed by atoms with Gasteiger partial charge in [0, 0.05) is 0 Å². The lowest BCUT2D eigenvalue weighted by molar-refractivity contribution is -0.0616. The maximum absolute atomic E-state index is 5.92. The van der Waals surface area contributed by atoms with Gasteiger partial charge in [-0.3, -0.25) is 0 Å². The summed E-state index contributed by atoms with van der Waals surface area (Å²) in [4.78, 5) is 0. The van der Waals surface area contributed by atoms with Gasteiger partial charge in [-0.05, 0) is 5.56 Å². The van der Waals surface area contributed by atoms with Gasteiger partial charge in [0.05, 0.1) is 72.7 Å². The minimum absolute atomic E-state index is 0.103. The Balaban J connectivity index is 1.77. The molecule has 6 heteroatoms. The largest absolute Gasteiger partial charge is 0.377 e. The quantitative estimate of drug-likeness (QED) is 0.778. The fourth-order valence-corrected chi connectivity index (χ4v) is 2.23. The molecule has 0 radical (unpaired) electrons. The highest BCUT2D eigenvalue weighted by atomic mass is 16.6. The van der Waals surface area contributed by atoms with Crippen molar-refractivity contribution in [1.82, 2.24) is 0 Å². The van der Waals surface area contributed by atoms with Crippen LogP contribution in [-0.4, -0.2) is 72.7 Å². The van der Waals surface area contributed by atoms with Crippen molar-refractivity contribution in [2.45, 2.75) is 6.10 Å². The molecule has 1 aliphatic rings. The van der Waals surface area contributed by atoms with E-state index in [2.05, 4.69) is 0 Å². The van der Waals surface area contributed by atoms with Crippen molar-refractivity contribution in [3.05, 3.63) is 35.9 Å². The van der Waals surface area contributed by atoms with Gasteiger partial charge < -0.3 is 28.4 Å². The predicted molar refractivity (Wildman–Crippen MR) is 89.2 cm³/mol. The molecule has 0 N–H and O–H groups in total. The minimum Gasteiger partial charge on any atom is -0.377 e. The zero-order valence-corrected chi connectivity index (χ0v) is 14.2. The third-order valence-electron chi connectivity index (χ3n) is 3.48. The van der Waals surface area contributed by atoms with Crippen molar-refractivity contribution in [3.8, 4) is 0 Å². The molecule has 1 saturated heterocycles. The molecule has 1 heterocycles. The molecule has 1 aromatic carbocycles. The Bertz CT molecular complexity index is 382. The summed E-state index contributed by atoms with van der Waals surface area (Å²) in [6.45, 7) is 6.00. The van der Waals surface area contributed by atoms with E-state index < -0.39 is 0 Å². The molecule has 0 aromatic heterocycles. The molecule has 1 atom stereocenters. The number of hydrogen-bond donors (Lipinski definition) is 0. The van der Waals surface area contributed by atoms with Crippen LogP contribution >= 0.6 is 0 Å². The second kappa shape index (κ2) is 13.3. The maximum atomic E-state index is 5.92. The highest BCUT2D eigenvalue weighted by Gasteiger charge is 2.12. The van der Waals surface area contributed by atoms with Crippen molar-refractivity contribution in [1.29, 1.82) is 0 Å². The molecule has 1 aliphatic heterocycles. The van der Waals surface area contributed by atoms with E-state index in [1.54, 1.807) is 0 Å². The van der Waals surface area contributed by atoms with Gasteiger partial charge in [0.1, 0.15) is 6.10 Å². The van der Waals surface area contributed by atoms with Crippen LogP contribution in [0.2, 0.25) is 0 Å². The van der Waals surface area contributed by atoms with Crippen molar-refractivity contribution in [3.63, 3.8) is 0 Å². The van der Waals surface area contributed by atoms with E-state index in [9.17, 15) is 0 Å². The summed E-state index contributed by atoms with van der Waals surface area (Å²) in [5, 5.41) is 0. The highest BCUT2D eigenvalue weighted by molar-refractivity contribution is 5.17. The second-order valence-electron chi connectivity index (χ2n) is 5.29. The molecular weight excluding hydrogens is 312 g/mol. The van der Waals surface area contributed by atoms with Crippen LogP contribution in [0.15, 0.2) is 30.3 Å². The summed E-state index contributed by atoms with van der Waals surface area (Å²) in [5.74, 6) is 0. The number of rotatable bonds is 1. The molecule has 0 aliphatic carbocycles. The molecule has 2 rings (SSSR count). The third kappa shape index (κ3) is 8.73. The Morgan fingerprint density at radius 2 is 1.00 bits per heavy atom. The van der Waals surface area contributed by atoms with Gasteiger partial charge in [-0.1, -0.05) is 30.3 Å². The van der Waals surface area contributed by atoms with Gasteiger partial charge in [-0.25, -0.2) is 0 Å². The number of hydrogen-bond acceptors (Lipinski definition) is 6. The van der Waals surface area contributed by atoms with E-state index in [1.807, 2.05) is 30.3 Å². The smallest absolute Gasteiger partial charge is 0.106 e. The van der Waals surface area contributed by atoms with Crippen LogP contribution in [0.25, 0.3) is 0 Å². The second-order valence-corrected chi connectivity index (χ2v) is 5.29. The topological polar surface area (TPSA) is 55.4 Å². The Kier molecular flexibility index (Phi) is 10.7. The van der Waals surface area contributed by atoms with E-state index in [1.165, 1.54) is 0 Å². The lowest BCUT2D eigenvalue weighted by atomic mass is 10.1. The fourth-order valence-electron chi connectivity index (χ4n) is 2.23. The summed E-state index contributed by atoms with van der Waals surface area (Å²) in [5.41, 5.74) is 1.10. The third-order valence-corrected chi connectivity index (χ3v) is 3.48. The minimum atomic E-state index is -0.103. The molecular formula is C18H28O6.